The van der Waals surface area contributed by atoms with Crippen LogP contribution in [0.25, 0.3) is 0 Å². The molecule has 0 aliphatic heterocycles. The molecule has 1 amide bonds. The van der Waals surface area contributed by atoms with Crippen molar-refractivity contribution in [3.05, 3.63) is 24.0 Å². The van der Waals surface area contributed by atoms with Crippen LogP contribution in [0, 0.1) is 6.92 Å². The molecule has 4 nitrogen and oxygen atoms in total. The predicted molar refractivity (Wildman–Crippen MR) is 72.3 cm³/mol. The third-order valence-corrected chi connectivity index (χ3v) is 2.13. The highest BCUT2D eigenvalue weighted by Crippen LogP contribution is 2.10. The van der Waals surface area contributed by atoms with Gasteiger partial charge in [0.25, 0.3) is 0 Å². The zero-order valence-corrected chi connectivity index (χ0v) is 11.2. The minimum absolute atomic E-state index is 0.669. The molecule has 0 aliphatic rings. The largest absolute Gasteiger partial charge is 0.315 e. The van der Waals surface area contributed by atoms with Gasteiger partial charge in [-0.05, 0) is 25.6 Å². The lowest BCUT2D eigenvalue weighted by atomic mass is 10.3. The number of amides is 1. The van der Waals surface area contributed by atoms with Crippen molar-refractivity contribution in [3.8, 4) is 0 Å². The highest BCUT2D eigenvalue weighted by molar-refractivity contribution is 5.74. The van der Waals surface area contributed by atoms with Gasteiger partial charge >= 0.3 is 0 Å². The van der Waals surface area contributed by atoms with Crippen LogP contribution in [0.2, 0.25) is 0 Å². The Morgan fingerprint density at radius 2 is 2.12 bits per heavy atom. The summed E-state index contributed by atoms with van der Waals surface area (Å²) in [6, 6.07) is 3.81. The Kier molecular flexibility index (Phi) is 8.96. The van der Waals surface area contributed by atoms with Crippen LogP contribution >= 0.6 is 0 Å². The molecule has 17 heavy (non-hydrogen) atoms. The summed E-state index contributed by atoms with van der Waals surface area (Å²) >= 11 is 0. The Hall–Kier alpha value is -1.42. The molecular weight excluding hydrogens is 214 g/mol. The second kappa shape index (κ2) is 9.78. The molecule has 0 unspecified atom stereocenters. The molecule has 0 radical (unpaired) electrons. The van der Waals surface area contributed by atoms with E-state index >= 15 is 0 Å². The van der Waals surface area contributed by atoms with Crippen molar-refractivity contribution >= 4 is 12.1 Å². The van der Waals surface area contributed by atoms with Crippen molar-refractivity contribution in [3.63, 3.8) is 0 Å². The lowest BCUT2D eigenvalue weighted by Crippen LogP contribution is -2.31. The molecule has 1 heterocycles. The van der Waals surface area contributed by atoms with Crippen LogP contribution in [0.4, 0.5) is 5.69 Å². The molecule has 0 bridgehead atoms. The number of carbonyl (C=O) groups is 1. The van der Waals surface area contributed by atoms with E-state index in [0.29, 0.717) is 6.54 Å². The summed E-state index contributed by atoms with van der Waals surface area (Å²) in [6.07, 6.45) is 2.55. The summed E-state index contributed by atoms with van der Waals surface area (Å²) < 4.78 is 0. The van der Waals surface area contributed by atoms with E-state index in [0.717, 1.165) is 30.9 Å². The van der Waals surface area contributed by atoms with Gasteiger partial charge in [-0.1, -0.05) is 20.8 Å². The van der Waals surface area contributed by atoms with Crippen LogP contribution in [0.1, 0.15) is 26.5 Å². The average Bonchev–Trinajstić information content (AvgIpc) is 2.39. The number of rotatable bonds is 6. The monoisotopic (exact) mass is 237 g/mol. The van der Waals surface area contributed by atoms with Gasteiger partial charge < -0.3 is 10.2 Å². The van der Waals surface area contributed by atoms with Crippen LogP contribution in [0.15, 0.2) is 18.3 Å². The SMILES string of the molecule is CC.CCNCCN(C=O)c1ccc(C)nc1. The van der Waals surface area contributed by atoms with Crippen LogP contribution < -0.4 is 10.2 Å². The predicted octanol–water partition coefficient (Wildman–Crippen LogP) is 1.99. The highest BCUT2D eigenvalue weighted by atomic mass is 16.1. The van der Waals surface area contributed by atoms with E-state index in [1.807, 2.05) is 39.8 Å². The zero-order valence-electron chi connectivity index (χ0n) is 11.2. The summed E-state index contributed by atoms with van der Waals surface area (Å²) in [5, 5.41) is 3.17. The first kappa shape index (κ1) is 15.6. The van der Waals surface area contributed by atoms with Gasteiger partial charge in [-0.15, -0.1) is 0 Å². The maximum atomic E-state index is 10.9. The standard InChI is InChI=1S/C11H17N3O.C2H6/c1-3-12-6-7-14(9-15)11-5-4-10(2)13-8-11;1-2/h4-5,8-9,12H,3,6-7H2,1-2H3;1-2H3. The minimum atomic E-state index is 0.669. The quantitative estimate of drug-likeness (QED) is 0.608. The van der Waals surface area contributed by atoms with E-state index < -0.39 is 0 Å². The van der Waals surface area contributed by atoms with E-state index in [9.17, 15) is 4.79 Å². The van der Waals surface area contributed by atoms with Gasteiger partial charge in [0, 0.05) is 18.8 Å². The fraction of sp³-hybridized carbons (Fsp3) is 0.538. The molecule has 1 aromatic rings. The van der Waals surface area contributed by atoms with E-state index in [1.54, 1.807) is 11.1 Å². The van der Waals surface area contributed by atoms with Crippen LogP contribution in [-0.4, -0.2) is 31.0 Å². The Balaban J connectivity index is 0.00000121. The molecule has 0 saturated heterocycles. The molecule has 1 rings (SSSR count). The first-order valence-corrected chi connectivity index (χ1v) is 6.13. The number of aryl methyl sites for hydroxylation is 1. The Bertz CT molecular complexity index is 298. The number of hydrogen-bond acceptors (Lipinski definition) is 3. The van der Waals surface area contributed by atoms with Gasteiger partial charge in [-0.2, -0.15) is 0 Å². The molecule has 0 aromatic carbocycles. The van der Waals surface area contributed by atoms with Gasteiger partial charge in [0.15, 0.2) is 0 Å². The van der Waals surface area contributed by atoms with Crippen molar-refractivity contribution in [2.75, 3.05) is 24.5 Å². The molecule has 96 valence electrons. The van der Waals surface area contributed by atoms with Gasteiger partial charge in [-0.25, -0.2) is 0 Å². The second-order valence-electron chi connectivity index (χ2n) is 3.31. The van der Waals surface area contributed by atoms with Gasteiger partial charge in [-0.3, -0.25) is 9.78 Å². The molecule has 0 saturated carbocycles. The molecule has 1 aromatic heterocycles. The number of nitrogens with zero attached hydrogens (tertiary/aromatic N) is 2. The van der Waals surface area contributed by atoms with E-state index in [4.69, 9.17) is 0 Å². The van der Waals surface area contributed by atoms with E-state index in [-0.39, 0.29) is 0 Å². The van der Waals surface area contributed by atoms with Crippen molar-refractivity contribution in [2.45, 2.75) is 27.7 Å². The maximum Gasteiger partial charge on any atom is 0.214 e. The Labute approximate surface area is 104 Å². The van der Waals surface area contributed by atoms with Gasteiger partial charge in [0.1, 0.15) is 0 Å². The normalized spacial score (nSPS) is 9.18. The fourth-order valence-electron chi connectivity index (χ4n) is 1.25. The number of carbonyl (C=O) groups excluding carboxylic acids is 1. The molecular formula is C13H23N3O. The number of anilines is 1. The Morgan fingerprint density at radius 3 is 2.59 bits per heavy atom. The molecule has 0 atom stereocenters. The summed E-state index contributed by atoms with van der Waals surface area (Å²) in [5.74, 6) is 0. The number of hydrogen-bond donors (Lipinski definition) is 1. The molecule has 0 aliphatic carbocycles. The van der Waals surface area contributed by atoms with Crippen molar-refractivity contribution in [2.24, 2.45) is 0 Å². The van der Waals surface area contributed by atoms with Crippen LogP contribution in [-0.2, 0) is 4.79 Å². The van der Waals surface area contributed by atoms with Crippen LogP contribution in [0.3, 0.4) is 0 Å². The molecule has 4 heteroatoms. The van der Waals surface area contributed by atoms with Gasteiger partial charge in [0.05, 0.1) is 11.9 Å². The molecule has 1 N–H and O–H groups in total. The lowest BCUT2D eigenvalue weighted by molar-refractivity contribution is -0.107. The topological polar surface area (TPSA) is 45.2 Å². The third-order valence-electron chi connectivity index (χ3n) is 2.13. The van der Waals surface area contributed by atoms with Crippen LogP contribution in [0.5, 0.6) is 0 Å². The number of pyridine rings is 1. The fourth-order valence-corrected chi connectivity index (χ4v) is 1.25. The smallest absolute Gasteiger partial charge is 0.214 e. The molecule has 0 fully saturated rings. The number of nitrogens with one attached hydrogen (secondary N) is 1. The van der Waals surface area contributed by atoms with Gasteiger partial charge in [0.2, 0.25) is 6.41 Å². The zero-order chi connectivity index (χ0) is 13.1. The first-order chi connectivity index (χ1) is 8.27. The maximum absolute atomic E-state index is 10.9. The number of likely N-dealkylation sites (N-methyl/N-ethyl adjacent to an activating group) is 1. The summed E-state index contributed by atoms with van der Waals surface area (Å²) in [6.45, 7) is 10.3. The average molecular weight is 237 g/mol. The third kappa shape index (κ3) is 6.02. The second-order valence-corrected chi connectivity index (χ2v) is 3.31. The van der Waals surface area contributed by atoms with E-state index in [1.165, 1.54) is 0 Å². The van der Waals surface area contributed by atoms with E-state index in [2.05, 4.69) is 10.3 Å². The minimum Gasteiger partial charge on any atom is -0.315 e. The summed E-state index contributed by atoms with van der Waals surface area (Å²) in [4.78, 5) is 16.7. The lowest BCUT2D eigenvalue weighted by Gasteiger charge is -2.17. The number of aromatic nitrogens is 1. The van der Waals surface area contributed by atoms with Crippen molar-refractivity contribution in [1.29, 1.82) is 0 Å². The summed E-state index contributed by atoms with van der Waals surface area (Å²) in [5.41, 5.74) is 1.80. The highest BCUT2D eigenvalue weighted by Gasteiger charge is 2.03. The van der Waals surface area contributed by atoms with Crippen molar-refractivity contribution < 1.29 is 4.79 Å². The Morgan fingerprint density at radius 1 is 1.41 bits per heavy atom. The first-order valence-electron chi connectivity index (χ1n) is 6.13. The summed E-state index contributed by atoms with van der Waals surface area (Å²) in [7, 11) is 0. The van der Waals surface area contributed by atoms with Crippen molar-refractivity contribution in [1.82, 2.24) is 10.3 Å². The molecule has 0 spiro atoms.